The summed E-state index contributed by atoms with van der Waals surface area (Å²) in [6.07, 6.45) is 1.64. The smallest absolute Gasteiger partial charge is 0.333 e. The lowest BCUT2D eigenvalue weighted by molar-refractivity contribution is -0.113. The van der Waals surface area contributed by atoms with E-state index >= 15 is 0 Å². The van der Waals surface area contributed by atoms with Crippen LogP contribution in [0.15, 0.2) is 57.0 Å². The van der Waals surface area contributed by atoms with E-state index in [9.17, 15) is 19.5 Å². The molecule has 1 amide bonds. The minimum atomic E-state index is -0.686. The van der Waals surface area contributed by atoms with Gasteiger partial charge in [-0.3, -0.25) is 18.7 Å². The van der Waals surface area contributed by atoms with Crippen molar-refractivity contribution in [3.8, 4) is 5.88 Å². The van der Waals surface area contributed by atoms with Gasteiger partial charge in [-0.05, 0) is 48.6 Å². The summed E-state index contributed by atoms with van der Waals surface area (Å²) < 4.78 is 1.89. The van der Waals surface area contributed by atoms with Crippen molar-refractivity contribution < 1.29 is 9.90 Å². The van der Waals surface area contributed by atoms with Crippen LogP contribution < -0.4 is 16.6 Å². The number of aliphatic imine (C=N–C) groups is 1. The molecule has 0 radical (unpaired) electrons. The summed E-state index contributed by atoms with van der Waals surface area (Å²) in [5.74, 6) is -0.814. The topological polar surface area (TPSA) is 106 Å². The molecule has 3 aromatic rings. The number of nitrogens with zero attached hydrogens (tertiary/aromatic N) is 3. The van der Waals surface area contributed by atoms with Crippen LogP contribution in [0.25, 0.3) is 0 Å². The van der Waals surface area contributed by atoms with Crippen LogP contribution in [0.1, 0.15) is 36.1 Å². The fraction of sp³-hybridized carbons (Fsp3) is 0.308. The lowest BCUT2D eigenvalue weighted by Gasteiger charge is -2.14. The van der Waals surface area contributed by atoms with Crippen molar-refractivity contribution in [2.75, 3.05) is 11.1 Å². The van der Waals surface area contributed by atoms with E-state index in [0.717, 1.165) is 56.1 Å². The number of hydrogen-bond acceptors (Lipinski definition) is 6. The summed E-state index contributed by atoms with van der Waals surface area (Å²) in [5, 5.41) is 13.8. The van der Waals surface area contributed by atoms with Crippen molar-refractivity contribution >= 4 is 34.1 Å². The first-order valence-electron chi connectivity index (χ1n) is 11.4. The number of benzene rings is 2. The molecule has 9 heteroatoms. The molecule has 3 rings (SSSR count). The Bertz CT molecular complexity index is 1390. The number of aromatic hydroxyl groups is 1. The molecule has 2 N–H and O–H groups in total. The number of aryl methyl sites for hydroxylation is 3. The van der Waals surface area contributed by atoms with Crippen LogP contribution in [0.4, 0.5) is 11.4 Å². The van der Waals surface area contributed by atoms with Crippen LogP contribution in [0.2, 0.25) is 0 Å². The summed E-state index contributed by atoms with van der Waals surface area (Å²) >= 11 is 1.03. The van der Waals surface area contributed by atoms with Gasteiger partial charge in [0.2, 0.25) is 11.8 Å². The van der Waals surface area contributed by atoms with Gasteiger partial charge in [0.1, 0.15) is 10.6 Å². The Kier molecular flexibility index (Phi) is 8.34. The Morgan fingerprint density at radius 1 is 1.03 bits per heavy atom. The molecule has 1 aromatic heterocycles. The zero-order valence-corrected chi connectivity index (χ0v) is 21.4. The Morgan fingerprint density at radius 3 is 2.34 bits per heavy atom. The zero-order valence-electron chi connectivity index (χ0n) is 20.6. The number of hydrogen-bond donors (Lipinski definition) is 2. The van der Waals surface area contributed by atoms with E-state index in [0.29, 0.717) is 5.69 Å². The van der Waals surface area contributed by atoms with E-state index in [1.807, 2.05) is 63.2 Å². The Hall–Kier alpha value is -3.59. The largest absolute Gasteiger partial charge is 0.494 e. The van der Waals surface area contributed by atoms with Crippen LogP contribution in [0, 0.1) is 6.92 Å². The second-order valence-corrected chi connectivity index (χ2v) is 9.10. The number of carbonyl (C=O) groups is 1. The molecule has 0 bridgehead atoms. The maximum atomic E-state index is 13.0. The van der Waals surface area contributed by atoms with Gasteiger partial charge in [0.25, 0.3) is 5.56 Å². The molecule has 8 nitrogen and oxygen atoms in total. The summed E-state index contributed by atoms with van der Waals surface area (Å²) in [7, 11) is 2.71. The highest BCUT2D eigenvalue weighted by Crippen LogP contribution is 2.25. The van der Waals surface area contributed by atoms with Crippen LogP contribution in [0.3, 0.4) is 0 Å². The SMILES string of the molecule is CCc1ccc(N=C(SCC(=O)Nc2c(C)cccc2CC)c2c(O)n(C)c(=O)n(C)c2=O)cc1. The highest BCUT2D eigenvalue weighted by atomic mass is 32.2. The zero-order chi connectivity index (χ0) is 25.7. The van der Waals surface area contributed by atoms with Crippen molar-refractivity contribution in [3.63, 3.8) is 0 Å². The van der Waals surface area contributed by atoms with Gasteiger partial charge in [-0.2, -0.15) is 0 Å². The first-order valence-corrected chi connectivity index (χ1v) is 12.3. The minimum Gasteiger partial charge on any atom is -0.494 e. The van der Waals surface area contributed by atoms with E-state index in [2.05, 4.69) is 10.3 Å². The number of carbonyl (C=O) groups excluding carboxylic acids is 1. The van der Waals surface area contributed by atoms with Gasteiger partial charge in [-0.25, -0.2) is 9.79 Å². The van der Waals surface area contributed by atoms with E-state index in [-0.39, 0.29) is 22.3 Å². The van der Waals surface area contributed by atoms with Crippen molar-refractivity contribution in [2.24, 2.45) is 19.1 Å². The van der Waals surface area contributed by atoms with Gasteiger partial charge in [-0.15, -0.1) is 0 Å². The third kappa shape index (κ3) is 5.74. The highest BCUT2D eigenvalue weighted by molar-refractivity contribution is 8.15. The summed E-state index contributed by atoms with van der Waals surface area (Å²) in [5.41, 5.74) is 2.98. The number of nitrogens with one attached hydrogen (secondary N) is 1. The van der Waals surface area contributed by atoms with Crippen molar-refractivity contribution in [2.45, 2.75) is 33.6 Å². The van der Waals surface area contributed by atoms with Crippen LogP contribution >= 0.6 is 11.8 Å². The molecule has 0 unspecified atom stereocenters. The lowest BCUT2D eigenvalue weighted by Crippen LogP contribution is -2.39. The molecule has 0 aliphatic rings. The molecule has 0 aliphatic carbocycles. The second-order valence-electron chi connectivity index (χ2n) is 8.14. The van der Waals surface area contributed by atoms with Crippen LogP contribution in [0.5, 0.6) is 5.88 Å². The molecule has 0 atom stereocenters. The first kappa shape index (κ1) is 26.0. The quantitative estimate of drug-likeness (QED) is 0.385. The summed E-state index contributed by atoms with van der Waals surface area (Å²) in [6.45, 7) is 6.00. The van der Waals surface area contributed by atoms with Gasteiger partial charge in [-0.1, -0.05) is 55.9 Å². The average Bonchev–Trinajstić information content (AvgIpc) is 2.86. The molecule has 1 heterocycles. The molecule has 0 saturated carbocycles. The second kappa shape index (κ2) is 11.2. The molecular weight excluding hydrogens is 464 g/mol. The van der Waals surface area contributed by atoms with Crippen LogP contribution in [-0.4, -0.2) is 30.9 Å². The third-order valence-corrected chi connectivity index (χ3v) is 6.74. The van der Waals surface area contributed by atoms with Crippen molar-refractivity contribution in [3.05, 3.63) is 85.6 Å². The predicted octanol–water partition coefficient (Wildman–Crippen LogP) is 3.67. The fourth-order valence-corrected chi connectivity index (χ4v) is 4.45. The van der Waals surface area contributed by atoms with E-state index in [4.69, 9.17) is 0 Å². The number of rotatable bonds is 7. The Morgan fingerprint density at radius 2 is 1.71 bits per heavy atom. The first-order chi connectivity index (χ1) is 16.7. The maximum absolute atomic E-state index is 13.0. The summed E-state index contributed by atoms with van der Waals surface area (Å²) in [6, 6.07) is 13.3. The normalized spacial score (nSPS) is 11.5. The highest BCUT2D eigenvalue weighted by Gasteiger charge is 2.22. The fourth-order valence-electron chi connectivity index (χ4n) is 3.62. The molecular formula is C26H30N4O4S. The number of amides is 1. The molecule has 35 heavy (non-hydrogen) atoms. The monoisotopic (exact) mass is 494 g/mol. The maximum Gasteiger partial charge on any atom is 0.333 e. The van der Waals surface area contributed by atoms with E-state index < -0.39 is 17.1 Å². The van der Waals surface area contributed by atoms with E-state index in [1.165, 1.54) is 14.1 Å². The van der Waals surface area contributed by atoms with Gasteiger partial charge in [0, 0.05) is 19.8 Å². The van der Waals surface area contributed by atoms with Crippen LogP contribution in [-0.2, 0) is 31.7 Å². The van der Waals surface area contributed by atoms with E-state index in [1.54, 1.807) is 0 Å². The number of anilines is 1. The molecule has 2 aromatic carbocycles. The number of thioether (sulfide) groups is 1. The van der Waals surface area contributed by atoms with Gasteiger partial charge < -0.3 is 10.4 Å². The molecule has 0 saturated heterocycles. The van der Waals surface area contributed by atoms with Crippen molar-refractivity contribution in [1.82, 2.24) is 9.13 Å². The Labute approximate surface area is 208 Å². The average molecular weight is 495 g/mol. The molecule has 0 spiro atoms. The van der Waals surface area contributed by atoms with Crippen molar-refractivity contribution in [1.29, 1.82) is 0 Å². The van der Waals surface area contributed by atoms with Gasteiger partial charge in [0.15, 0.2) is 0 Å². The lowest BCUT2D eigenvalue weighted by atomic mass is 10.1. The van der Waals surface area contributed by atoms with Gasteiger partial charge >= 0.3 is 5.69 Å². The summed E-state index contributed by atoms with van der Waals surface area (Å²) in [4.78, 5) is 42.6. The molecule has 0 fully saturated rings. The number of para-hydroxylation sites is 1. The Balaban J connectivity index is 1.99. The molecule has 184 valence electrons. The standard InChI is InChI=1S/C26H30N4O4S/c1-6-17-11-13-19(14-12-17)27-23(21-24(32)29(4)26(34)30(5)25(21)33)35-15-20(31)28-22-16(3)9-8-10-18(22)7-2/h8-14,32H,6-7,15H2,1-5H3,(H,28,31). The van der Waals surface area contributed by atoms with Gasteiger partial charge in [0.05, 0.1) is 11.4 Å². The third-order valence-electron chi connectivity index (χ3n) is 5.77. The predicted molar refractivity (Wildman–Crippen MR) is 142 cm³/mol. The molecule has 0 aliphatic heterocycles. The number of aromatic nitrogens is 2. The minimum absolute atomic E-state index is 0.0468.